The molecular formula is C19H28O5S. The van der Waals surface area contributed by atoms with Crippen LogP contribution < -0.4 is 4.74 Å². The standard InChI is InChI=1S/C19H28O5S/c1-4-23-18(20)19(2,25(3,21)22)13-11-15-7-9-17(10-8-15)24-14-12-16-5-6-16/h7-10,16H,4-6,11-14H2,1-3H3. The Hall–Kier alpha value is -1.56. The molecule has 1 aliphatic carbocycles. The van der Waals surface area contributed by atoms with E-state index in [-0.39, 0.29) is 13.0 Å². The summed E-state index contributed by atoms with van der Waals surface area (Å²) in [4.78, 5) is 12.1. The molecule has 0 spiro atoms. The average molecular weight is 368 g/mol. The van der Waals surface area contributed by atoms with Crippen LogP contribution in [0.15, 0.2) is 24.3 Å². The molecule has 0 radical (unpaired) electrons. The lowest BCUT2D eigenvalue weighted by Gasteiger charge is -2.25. The molecular weight excluding hydrogens is 340 g/mol. The number of hydrogen-bond donors (Lipinski definition) is 0. The third kappa shape index (κ3) is 5.46. The summed E-state index contributed by atoms with van der Waals surface area (Å²) in [5.74, 6) is 0.981. The van der Waals surface area contributed by atoms with E-state index in [1.165, 1.54) is 19.8 Å². The number of rotatable bonds is 10. The minimum atomic E-state index is -3.58. The second-order valence-corrected chi connectivity index (χ2v) is 9.39. The molecule has 1 aromatic carbocycles. The van der Waals surface area contributed by atoms with Gasteiger partial charge in [-0.25, -0.2) is 8.42 Å². The smallest absolute Gasteiger partial charge is 0.327 e. The third-order valence-corrected chi connectivity index (χ3v) is 6.84. The first-order chi connectivity index (χ1) is 11.8. The van der Waals surface area contributed by atoms with Gasteiger partial charge in [-0.1, -0.05) is 25.0 Å². The molecule has 5 nitrogen and oxygen atoms in total. The van der Waals surface area contributed by atoms with Crippen LogP contribution >= 0.6 is 0 Å². The van der Waals surface area contributed by atoms with Gasteiger partial charge in [0, 0.05) is 6.26 Å². The first-order valence-corrected chi connectivity index (χ1v) is 10.7. The van der Waals surface area contributed by atoms with Gasteiger partial charge in [-0.05, 0) is 56.7 Å². The molecule has 1 saturated carbocycles. The van der Waals surface area contributed by atoms with Crippen LogP contribution in [-0.2, 0) is 25.8 Å². The van der Waals surface area contributed by atoms with Crippen LogP contribution in [0, 0.1) is 5.92 Å². The van der Waals surface area contributed by atoms with Crippen molar-refractivity contribution in [3.63, 3.8) is 0 Å². The number of carbonyl (C=O) groups is 1. The van der Waals surface area contributed by atoms with E-state index >= 15 is 0 Å². The highest BCUT2D eigenvalue weighted by Crippen LogP contribution is 2.32. The summed E-state index contributed by atoms with van der Waals surface area (Å²) in [6.45, 7) is 4.01. The van der Waals surface area contributed by atoms with Crippen LogP contribution in [0.25, 0.3) is 0 Å². The topological polar surface area (TPSA) is 69.7 Å². The molecule has 0 N–H and O–H groups in total. The van der Waals surface area contributed by atoms with Gasteiger partial charge in [0.1, 0.15) is 5.75 Å². The van der Waals surface area contributed by atoms with Gasteiger partial charge in [-0.3, -0.25) is 4.79 Å². The van der Waals surface area contributed by atoms with Gasteiger partial charge in [-0.2, -0.15) is 0 Å². The molecule has 1 aliphatic rings. The van der Waals surface area contributed by atoms with Gasteiger partial charge in [0.15, 0.2) is 14.6 Å². The van der Waals surface area contributed by atoms with Crippen molar-refractivity contribution >= 4 is 15.8 Å². The van der Waals surface area contributed by atoms with E-state index in [1.54, 1.807) is 6.92 Å². The molecule has 140 valence electrons. The molecule has 1 atom stereocenters. The Balaban J connectivity index is 1.93. The number of benzene rings is 1. The molecule has 0 aromatic heterocycles. The second-order valence-electron chi connectivity index (χ2n) is 6.95. The molecule has 0 heterocycles. The van der Waals surface area contributed by atoms with Crippen molar-refractivity contribution < 1.29 is 22.7 Å². The minimum absolute atomic E-state index is 0.164. The van der Waals surface area contributed by atoms with E-state index in [9.17, 15) is 13.2 Å². The number of ether oxygens (including phenoxy) is 2. The molecule has 6 heteroatoms. The van der Waals surface area contributed by atoms with Crippen LogP contribution in [0.2, 0.25) is 0 Å². The number of hydrogen-bond acceptors (Lipinski definition) is 5. The molecule has 0 amide bonds. The number of carbonyl (C=O) groups excluding carboxylic acids is 1. The van der Waals surface area contributed by atoms with Crippen molar-refractivity contribution in [1.29, 1.82) is 0 Å². The summed E-state index contributed by atoms with van der Waals surface area (Å²) in [6.07, 6.45) is 5.50. The molecule has 0 aliphatic heterocycles. The van der Waals surface area contributed by atoms with E-state index in [0.717, 1.165) is 36.5 Å². The van der Waals surface area contributed by atoms with Crippen LogP contribution in [0.4, 0.5) is 0 Å². The predicted octanol–water partition coefficient (Wildman–Crippen LogP) is 3.16. The first kappa shape index (κ1) is 19.8. The quantitative estimate of drug-likeness (QED) is 0.593. The van der Waals surface area contributed by atoms with Gasteiger partial charge in [-0.15, -0.1) is 0 Å². The zero-order valence-electron chi connectivity index (χ0n) is 15.3. The fraction of sp³-hybridized carbons (Fsp3) is 0.632. The van der Waals surface area contributed by atoms with Crippen molar-refractivity contribution in [3.05, 3.63) is 29.8 Å². The SMILES string of the molecule is CCOC(=O)C(C)(CCc1ccc(OCCC2CC2)cc1)S(C)(=O)=O. The van der Waals surface area contributed by atoms with E-state index in [4.69, 9.17) is 9.47 Å². The molecule has 1 unspecified atom stereocenters. The maximum absolute atomic E-state index is 12.1. The van der Waals surface area contributed by atoms with Gasteiger partial charge >= 0.3 is 5.97 Å². The van der Waals surface area contributed by atoms with E-state index in [0.29, 0.717) is 6.42 Å². The Morgan fingerprint density at radius 1 is 1.24 bits per heavy atom. The normalized spacial score (nSPS) is 16.9. The summed E-state index contributed by atoms with van der Waals surface area (Å²) in [5, 5.41) is 0. The highest BCUT2D eigenvalue weighted by molar-refractivity contribution is 7.92. The third-order valence-electron chi connectivity index (χ3n) is 4.83. The number of aryl methyl sites for hydroxylation is 1. The van der Waals surface area contributed by atoms with Gasteiger partial charge in [0.2, 0.25) is 0 Å². The summed E-state index contributed by atoms with van der Waals surface area (Å²) >= 11 is 0. The summed E-state index contributed by atoms with van der Waals surface area (Å²) in [6, 6.07) is 7.62. The Labute approximate surface area is 150 Å². The van der Waals surface area contributed by atoms with Crippen molar-refractivity contribution in [2.75, 3.05) is 19.5 Å². The van der Waals surface area contributed by atoms with Gasteiger partial charge in [0.05, 0.1) is 13.2 Å². The molecule has 0 saturated heterocycles. The van der Waals surface area contributed by atoms with Crippen molar-refractivity contribution in [1.82, 2.24) is 0 Å². The Morgan fingerprint density at radius 3 is 2.40 bits per heavy atom. The van der Waals surface area contributed by atoms with Crippen LogP contribution in [-0.4, -0.2) is 38.6 Å². The van der Waals surface area contributed by atoms with Crippen molar-refractivity contribution in [3.8, 4) is 5.75 Å². The van der Waals surface area contributed by atoms with E-state index in [1.807, 2.05) is 24.3 Å². The molecule has 2 rings (SSSR count). The Morgan fingerprint density at radius 2 is 1.88 bits per heavy atom. The second kappa shape index (κ2) is 8.21. The largest absolute Gasteiger partial charge is 0.494 e. The van der Waals surface area contributed by atoms with E-state index in [2.05, 4.69) is 0 Å². The summed E-state index contributed by atoms with van der Waals surface area (Å²) in [7, 11) is -3.58. The van der Waals surface area contributed by atoms with Crippen molar-refractivity contribution in [2.24, 2.45) is 5.92 Å². The lowest BCUT2D eigenvalue weighted by atomic mass is 10.00. The lowest BCUT2D eigenvalue weighted by molar-refractivity contribution is -0.146. The monoisotopic (exact) mass is 368 g/mol. The van der Waals surface area contributed by atoms with Gasteiger partial charge in [0.25, 0.3) is 0 Å². The zero-order chi connectivity index (χ0) is 18.5. The molecule has 25 heavy (non-hydrogen) atoms. The fourth-order valence-electron chi connectivity index (χ4n) is 2.61. The summed E-state index contributed by atoms with van der Waals surface area (Å²) in [5.41, 5.74) is 0.966. The minimum Gasteiger partial charge on any atom is -0.494 e. The van der Waals surface area contributed by atoms with Crippen LogP contribution in [0.3, 0.4) is 0 Å². The molecule has 0 bridgehead atoms. The van der Waals surface area contributed by atoms with Crippen molar-refractivity contribution in [2.45, 2.75) is 50.7 Å². The maximum Gasteiger partial charge on any atom is 0.327 e. The Kier molecular flexibility index (Phi) is 6.49. The lowest BCUT2D eigenvalue weighted by Crippen LogP contribution is -2.44. The predicted molar refractivity (Wildman–Crippen MR) is 97.5 cm³/mol. The molecule has 1 fully saturated rings. The summed E-state index contributed by atoms with van der Waals surface area (Å²) < 4.78 is 33.4. The highest BCUT2D eigenvalue weighted by atomic mass is 32.2. The first-order valence-electron chi connectivity index (χ1n) is 8.85. The van der Waals surface area contributed by atoms with Crippen LogP contribution in [0.5, 0.6) is 5.75 Å². The Bertz CT molecular complexity index is 676. The van der Waals surface area contributed by atoms with Gasteiger partial charge < -0.3 is 9.47 Å². The average Bonchev–Trinajstić information content (AvgIpc) is 3.37. The van der Waals surface area contributed by atoms with Crippen LogP contribution in [0.1, 0.15) is 45.1 Å². The molecule has 1 aromatic rings. The van der Waals surface area contributed by atoms with E-state index < -0.39 is 20.6 Å². The zero-order valence-corrected chi connectivity index (χ0v) is 16.1. The number of esters is 1. The number of sulfone groups is 1. The highest BCUT2D eigenvalue weighted by Gasteiger charge is 2.44. The fourth-order valence-corrected chi connectivity index (χ4v) is 3.44. The maximum atomic E-state index is 12.1.